The zero-order valence-corrected chi connectivity index (χ0v) is 11.1. The summed E-state index contributed by atoms with van der Waals surface area (Å²) in [6.45, 7) is 1.80. The fourth-order valence-electron chi connectivity index (χ4n) is 1.46. The van der Waals surface area contributed by atoms with E-state index in [1.807, 2.05) is 0 Å². The van der Waals surface area contributed by atoms with Gasteiger partial charge in [-0.2, -0.15) is 0 Å². The summed E-state index contributed by atoms with van der Waals surface area (Å²) in [5.41, 5.74) is 0.922. The summed E-state index contributed by atoms with van der Waals surface area (Å²) in [6.07, 6.45) is 0.546. The molecule has 0 saturated heterocycles. The lowest BCUT2D eigenvalue weighted by Crippen LogP contribution is -2.37. The number of amides is 1. The number of non-ortho nitro benzene ring substituents is 1. The van der Waals surface area contributed by atoms with Gasteiger partial charge in [0.25, 0.3) is 11.6 Å². The van der Waals surface area contributed by atoms with Crippen LogP contribution >= 0.6 is 23.2 Å². The quantitative estimate of drug-likeness (QED) is 0.514. The number of nitro groups is 1. The monoisotopic (exact) mass is 290 g/mol. The van der Waals surface area contributed by atoms with E-state index in [1.54, 1.807) is 19.1 Å². The first-order valence-corrected chi connectivity index (χ1v) is 6.09. The molecule has 1 atom stereocenters. The molecule has 1 unspecified atom stereocenters. The largest absolute Gasteiger partial charge is 0.351 e. The van der Waals surface area contributed by atoms with Crippen molar-refractivity contribution in [2.45, 2.75) is 24.2 Å². The second-order valence-electron chi connectivity index (χ2n) is 3.84. The molecule has 0 fully saturated rings. The standard InChI is InChI=1S/C11H12Cl2N2O3/c1-7(14-11(16)10(12)13)6-8-2-4-9(5-3-8)15(17)18/h2-5,7,10H,6H2,1H3,(H,14,16). The predicted octanol–water partition coefficient (Wildman–Crippen LogP) is 2.45. The number of hydrogen-bond acceptors (Lipinski definition) is 3. The molecule has 0 aliphatic carbocycles. The van der Waals surface area contributed by atoms with Crippen LogP contribution in [0.25, 0.3) is 0 Å². The third-order valence-corrected chi connectivity index (χ3v) is 2.67. The summed E-state index contributed by atoms with van der Waals surface area (Å²) in [5.74, 6) is -0.451. The lowest BCUT2D eigenvalue weighted by Gasteiger charge is -2.14. The maximum atomic E-state index is 11.2. The number of benzene rings is 1. The molecule has 5 nitrogen and oxygen atoms in total. The molecule has 0 radical (unpaired) electrons. The minimum Gasteiger partial charge on any atom is -0.351 e. The van der Waals surface area contributed by atoms with Gasteiger partial charge >= 0.3 is 0 Å². The summed E-state index contributed by atoms with van der Waals surface area (Å²) in [6, 6.07) is 6.00. The molecule has 98 valence electrons. The molecule has 1 aromatic rings. The molecule has 0 aromatic heterocycles. The lowest BCUT2D eigenvalue weighted by molar-refractivity contribution is -0.384. The van der Waals surface area contributed by atoms with Crippen molar-refractivity contribution in [3.8, 4) is 0 Å². The van der Waals surface area contributed by atoms with Gasteiger partial charge in [0.2, 0.25) is 0 Å². The first-order chi connectivity index (χ1) is 8.40. The van der Waals surface area contributed by atoms with Gasteiger partial charge in [-0.15, -0.1) is 0 Å². The van der Waals surface area contributed by atoms with Crippen LogP contribution in [0.5, 0.6) is 0 Å². The van der Waals surface area contributed by atoms with Crippen LogP contribution in [0.3, 0.4) is 0 Å². The number of rotatable bonds is 5. The molecule has 1 aromatic carbocycles. The van der Waals surface area contributed by atoms with E-state index >= 15 is 0 Å². The van der Waals surface area contributed by atoms with Crippen molar-refractivity contribution in [2.24, 2.45) is 0 Å². The molecule has 18 heavy (non-hydrogen) atoms. The summed E-state index contributed by atoms with van der Waals surface area (Å²) >= 11 is 10.8. The number of carbonyl (C=O) groups excluding carboxylic acids is 1. The van der Waals surface area contributed by atoms with Gasteiger partial charge in [-0.25, -0.2) is 0 Å². The first-order valence-electron chi connectivity index (χ1n) is 5.22. The van der Waals surface area contributed by atoms with Crippen LogP contribution in [0.1, 0.15) is 12.5 Å². The summed E-state index contributed by atoms with van der Waals surface area (Å²) in [7, 11) is 0. The van der Waals surface area contributed by atoms with E-state index in [2.05, 4.69) is 5.32 Å². The number of nitro benzene ring substituents is 1. The van der Waals surface area contributed by atoms with E-state index < -0.39 is 15.7 Å². The van der Waals surface area contributed by atoms with Crippen LogP contribution in [0.15, 0.2) is 24.3 Å². The molecule has 1 amide bonds. The predicted molar refractivity (Wildman–Crippen MR) is 69.9 cm³/mol. The van der Waals surface area contributed by atoms with E-state index in [-0.39, 0.29) is 11.7 Å². The third-order valence-electron chi connectivity index (χ3n) is 2.28. The van der Waals surface area contributed by atoms with Gasteiger partial charge in [0.05, 0.1) is 4.92 Å². The van der Waals surface area contributed by atoms with Crippen molar-refractivity contribution in [2.75, 3.05) is 0 Å². The Morgan fingerprint density at radius 3 is 2.39 bits per heavy atom. The topological polar surface area (TPSA) is 72.2 Å². The van der Waals surface area contributed by atoms with E-state index in [4.69, 9.17) is 23.2 Å². The number of alkyl halides is 2. The fourth-order valence-corrected chi connectivity index (χ4v) is 1.59. The SMILES string of the molecule is CC(Cc1ccc([N+](=O)[O-])cc1)NC(=O)C(Cl)Cl. The van der Waals surface area contributed by atoms with Crippen molar-refractivity contribution in [1.82, 2.24) is 5.32 Å². The Labute approximate surface area is 114 Å². The van der Waals surface area contributed by atoms with Gasteiger partial charge in [-0.1, -0.05) is 35.3 Å². The van der Waals surface area contributed by atoms with Gasteiger partial charge in [0, 0.05) is 18.2 Å². The second-order valence-corrected chi connectivity index (χ2v) is 4.93. The summed E-state index contributed by atoms with van der Waals surface area (Å²) < 4.78 is 0. The Morgan fingerprint density at radius 2 is 1.94 bits per heavy atom. The van der Waals surface area contributed by atoms with Gasteiger partial charge < -0.3 is 5.32 Å². The van der Waals surface area contributed by atoms with Crippen LogP contribution in [0.4, 0.5) is 5.69 Å². The summed E-state index contributed by atoms with van der Waals surface area (Å²) in [4.78, 5) is 20.1. The maximum Gasteiger partial charge on any atom is 0.269 e. The Bertz CT molecular complexity index is 434. The Hall–Kier alpha value is -1.33. The Kier molecular flexibility index (Phi) is 5.37. The fraction of sp³-hybridized carbons (Fsp3) is 0.364. The van der Waals surface area contributed by atoms with Gasteiger partial charge in [-0.3, -0.25) is 14.9 Å². The van der Waals surface area contributed by atoms with E-state index in [9.17, 15) is 14.9 Å². The lowest BCUT2D eigenvalue weighted by atomic mass is 10.1. The highest BCUT2D eigenvalue weighted by atomic mass is 35.5. The van der Waals surface area contributed by atoms with Crippen LogP contribution in [-0.4, -0.2) is 21.7 Å². The second kappa shape index (κ2) is 6.56. The minimum atomic E-state index is -1.09. The third kappa shape index (κ3) is 4.50. The summed E-state index contributed by atoms with van der Waals surface area (Å²) in [5, 5.41) is 13.1. The Balaban J connectivity index is 2.57. The average molecular weight is 291 g/mol. The van der Waals surface area contributed by atoms with E-state index in [1.165, 1.54) is 12.1 Å². The molecule has 0 saturated carbocycles. The van der Waals surface area contributed by atoms with Crippen LogP contribution in [-0.2, 0) is 11.2 Å². The number of halogens is 2. The first kappa shape index (κ1) is 14.7. The molecule has 0 aliphatic heterocycles. The van der Waals surface area contributed by atoms with Crippen molar-refractivity contribution in [3.63, 3.8) is 0 Å². The van der Waals surface area contributed by atoms with E-state index in [0.717, 1.165) is 5.56 Å². The number of nitrogens with zero attached hydrogens (tertiary/aromatic N) is 1. The number of hydrogen-bond donors (Lipinski definition) is 1. The average Bonchev–Trinajstić information content (AvgIpc) is 2.29. The number of carbonyl (C=O) groups is 1. The zero-order valence-electron chi connectivity index (χ0n) is 9.60. The smallest absolute Gasteiger partial charge is 0.269 e. The maximum absolute atomic E-state index is 11.2. The van der Waals surface area contributed by atoms with Crippen LogP contribution < -0.4 is 5.32 Å². The molecule has 0 aliphatic rings. The molecule has 1 N–H and O–H groups in total. The highest BCUT2D eigenvalue weighted by molar-refractivity contribution is 6.53. The molecule has 0 bridgehead atoms. The molecule has 0 heterocycles. The van der Waals surface area contributed by atoms with E-state index in [0.29, 0.717) is 6.42 Å². The molecular formula is C11H12Cl2N2O3. The van der Waals surface area contributed by atoms with Gasteiger partial charge in [0.1, 0.15) is 0 Å². The zero-order chi connectivity index (χ0) is 13.7. The van der Waals surface area contributed by atoms with Crippen molar-refractivity contribution < 1.29 is 9.72 Å². The highest BCUT2D eigenvalue weighted by Gasteiger charge is 2.14. The molecule has 1 rings (SSSR count). The number of nitrogens with one attached hydrogen (secondary N) is 1. The molecule has 0 spiro atoms. The van der Waals surface area contributed by atoms with Crippen molar-refractivity contribution >= 4 is 34.8 Å². The Morgan fingerprint density at radius 1 is 1.39 bits per heavy atom. The van der Waals surface area contributed by atoms with Crippen molar-refractivity contribution in [3.05, 3.63) is 39.9 Å². The molecule has 7 heteroatoms. The molecular weight excluding hydrogens is 279 g/mol. The minimum absolute atomic E-state index is 0.0389. The van der Waals surface area contributed by atoms with Gasteiger partial charge in [0.15, 0.2) is 4.84 Å². The highest BCUT2D eigenvalue weighted by Crippen LogP contribution is 2.13. The van der Waals surface area contributed by atoms with Crippen LogP contribution in [0.2, 0.25) is 0 Å². The van der Waals surface area contributed by atoms with Crippen LogP contribution in [0, 0.1) is 10.1 Å². The van der Waals surface area contributed by atoms with Crippen molar-refractivity contribution in [1.29, 1.82) is 0 Å². The normalized spacial score (nSPS) is 12.2. The van der Waals surface area contributed by atoms with Gasteiger partial charge in [-0.05, 0) is 18.9 Å².